The van der Waals surface area contributed by atoms with E-state index >= 15 is 0 Å². The maximum Gasteiger partial charge on any atom is 0.123 e. The van der Waals surface area contributed by atoms with Gasteiger partial charge < -0.3 is 15.4 Å². The maximum absolute atomic E-state index is 13.2. The average Bonchev–Trinajstić information content (AvgIpc) is 3.11. The Morgan fingerprint density at radius 1 is 1.14 bits per heavy atom. The Labute approximate surface area is 172 Å². The molecule has 3 aromatic rings. The van der Waals surface area contributed by atoms with Gasteiger partial charge in [0.05, 0.1) is 12.6 Å². The molecule has 0 amide bonds. The van der Waals surface area contributed by atoms with E-state index in [1.54, 1.807) is 19.1 Å². The zero-order chi connectivity index (χ0) is 21.2. The normalized spacial score (nSPS) is 11.3. The fourth-order valence-electron chi connectivity index (χ4n) is 3.09. The van der Waals surface area contributed by atoms with Crippen molar-refractivity contribution in [2.75, 3.05) is 13.7 Å². The molecule has 5 heteroatoms. The number of H-pyrrole nitrogens is 1. The van der Waals surface area contributed by atoms with Crippen LogP contribution in [0, 0.1) is 25.1 Å². The summed E-state index contributed by atoms with van der Waals surface area (Å²) < 4.78 is 13.2. The summed E-state index contributed by atoms with van der Waals surface area (Å²) in [5.41, 5.74) is 6.11. The molecule has 0 fully saturated rings. The van der Waals surface area contributed by atoms with E-state index in [9.17, 15) is 9.50 Å². The molecular weight excluding hydrogens is 365 g/mol. The number of nitrogens with one attached hydrogen (secondary N) is 3. The fraction of sp³-hybridized carbons (Fsp3) is 0.250. The number of aliphatic hydroxyl groups excluding tert-OH is 1. The number of terminal acetylenes is 1. The third-order valence-corrected chi connectivity index (χ3v) is 4.50. The van der Waals surface area contributed by atoms with E-state index < -0.39 is 0 Å². The molecule has 152 valence electrons. The summed E-state index contributed by atoms with van der Waals surface area (Å²) in [6, 6.07) is 16.5. The molecule has 0 radical (unpaired) electrons. The van der Waals surface area contributed by atoms with Crippen molar-refractivity contribution >= 4 is 0 Å². The van der Waals surface area contributed by atoms with Gasteiger partial charge >= 0.3 is 0 Å². The Hall–Kier alpha value is -2.91. The van der Waals surface area contributed by atoms with Crippen molar-refractivity contribution in [3.8, 4) is 23.6 Å². The van der Waals surface area contributed by atoms with Crippen LogP contribution in [0.4, 0.5) is 4.39 Å². The van der Waals surface area contributed by atoms with Gasteiger partial charge in [0.1, 0.15) is 5.82 Å². The summed E-state index contributed by atoms with van der Waals surface area (Å²) in [4.78, 5) is 3.41. The van der Waals surface area contributed by atoms with Crippen molar-refractivity contribution in [3.63, 3.8) is 0 Å². The van der Waals surface area contributed by atoms with Crippen LogP contribution in [-0.2, 0) is 6.61 Å². The second-order valence-electron chi connectivity index (χ2n) is 6.63. The van der Waals surface area contributed by atoms with Crippen molar-refractivity contribution < 1.29 is 9.50 Å². The van der Waals surface area contributed by atoms with Crippen LogP contribution in [0.15, 0.2) is 54.6 Å². The molecule has 0 aliphatic rings. The molecule has 4 N–H and O–H groups in total. The number of benzene rings is 2. The van der Waals surface area contributed by atoms with Crippen LogP contribution >= 0.6 is 0 Å². The molecule has 1 atom stereocenters. The minimum atomic E-state index is -0.241. The van der Waals surface area contributed by atoms with Gasteiger partial charge in [0.25, 0.3) is 0 Å². The van der Waals surface area contributed by atoms with E-state index in [0.29, 0.717) is 6.67 Å². The van der Waals surface area contributed by atoms with Gasteiger partial charge in [0.15, 0.2) is 0 Å². The number of aryl methyl sites for hydroxylation is 1. The fourth-order valence-corrected chi connectivity index (χ4v) is 3.09. The molecule has 1 aromatic heterocycles. The second kappa shape index (κ2) is 11.2. The highest BCUT2D eigenvalue weighted by molar-refractivity contribution is 5.62. The summed E-state index contributed by atoms with van der Waals surface area (Å²) in [6.07, 6.45) is 4.60. The highest BCUT2D eigenvalue weighted by Gasteiger charge is 2.18. The van der Waals surface area contributed by atoms with E-state index in [1.807, 2.05) is 38.2 Å². The molecule has 0 aliphatic heterocycles. The van der Waals surface area contributed by atoms with Gasteiger partial charge in [-0.2, -0.15) is 0 Å². The zero-order valence-electron chi connectivity index (χ0n) is 17.1. The second-order valence-corrected chi connectivity index (χ2v) is 6.63. The lowest BCUT2D eigenvalue weighted by atomic mass is 9.97. The Bertz CT molecular complexity index is 924. The van der Waals surface area contributed by atoms with Crippen LogP contribution in [0.2, 0.25) is 0 Å². The first kappa shape index (κ1) is 22.4. The molecule has 29 heavy (non-hydrogen) atoms. The molecule has 0 saturated heterocycles. The third kappa shape index (κ3) is 6.03. The SMILES string of the molecule is C#CC.CNCNC(c1ccc(CO)cc1)c1cc(-c2ccc(F)cc2)[nH]c1C. The van der Waals surface area contributed by atoms with Crippen LogP contribution in [0.3, 0.4) is 0 Å². The average molecular weight is 394 g/mol. The number of hydrogen-bond acceptors (Lipinski definition) is 3. The van der Waals surface area contributed by atoms with Crippen LogP contribution < -0.4 is 10.6 Å². The number of aromatic amines is 1. The van der Waals surface area contributed by atoms with Gasteiger partial charge in [-0.05, 0) is 73.5 Å². The Morgan fingerprint density at radius 3 is 2.31 bits per heavy atom. The lowest BCUT2D eigenvalue weighted by Crippen LogP contribution is -2.30. The maximum atomic E-state index is 13.2. The molecule has 0 spiro atoms. The highest BCUT2D eigenvalue weighted by Crippen LogP contribution is 2.30. The standard InChI is InChI=1S/C21H24FN3O.C3H4/c1-14-19(11-20(25-14)16-7-9-18(22)10-8-16)21(24-13-23-2)17-5-3-15(12-26)4-6-17;1-3-2/h3-11,21,23-26H,12-13H2,1-2H3;1H,2H3. The van der Waals surface area contributed by atoms with Crippen LogP contribution in [-0.4, -0.2) is 23.8 Å². The summed E-state index contributed by atoms with van der Waals surface area (Å²) in [5.74, 6) is 2.01. The molecule has 1 unspecified atom stereocenters. The predicted octanol–water partition coefficient (Wildman–Crippen LogP) is 4.12. The largest absolute Gasteiger partial charge is 0.392 e. The van der Waals surface area contributed by atoms with Crippen LogP contribution in [0.25, 0.3) is 11.3 Å². The summed E-state index contributed by atoms with van der Waals surface area (Å²) in [7, 11) is 1.90. The van der Waals surface area contributed by atoms with Crippen molar-refractivity contribution in [1.29, 1.82) is 0 Å². The summed E-state index contributed by atoms with van der Waals surface area (Å²) in [5, 5.41) is 15.9. The smallest absolute Gasteiger partial charge is 0.123 e. The first-order valence-corrected chi connectivity index (χ1v) is 9.44. The molecule has 3 rings (SSSR count). The topological polar surface area (TPSA) is 60.1 Å². The predicted molar refractivity (Wildman–Crippen MR) is 117 cm³/mol. The van der Waals surface area contributed by atoms with E-state index in [-0.39, 0.29) is 18.5 Å². The van der Waals surface area contributed by atoms with Gasteiger partial charge in [-0.15, -0.1) is 12.3 Å². The van der Waals surface area contributed by atoms with E-state index in [0.717, 1.165) is 33.6 Å². The Kier molecular flexibility index (Phi) is 8.63. The van der Waals surface area contributed by atoms with Gasteiger partial charge in [-0.1, -0.05) is 24.3 Å². The van der Waals surface area contributed by atoms with Gasteiger partial charge in [-0.3, -0.25) is 5.32 Å². The van der Waals surface area contributed by atoms with Crippen molar-refractivity contribution in [3.05, 3.63) is 82.8 Å². The van der Waals surface area contributed by atoms with Gasteiger partial charge in [0, 0.05) is 18.1 Å². The molecule has 1 heterocycles. The number of aromatic nitrogens is 1. The van der Waals surface area contributed by atoms with E-state index in [2.05, 4.69) is 34.0 Å². The molecule has 0 bridgehead atoms. The molecule has 0 saturated carbocycles. The van der Waals surface area contributed by atoms with Gasteiger partial charge in [-0.25, -0.2) is 4.39 Å². The summed E-state index contributed by atoms with van der Waals surface area (Å²) >= 11 is 0. The quantitative estimate of drug-likeness (QED) is 0.361. The third-order valence-electron chi connectivity index (χ3n) is 4.50. The Morgan fingerprint density at radius 2 is 1.76 bits per heavy atom. The first-order valence-electron chi connectivity index (χ1n) is 9.44. The zero-order valence-corrected chi connectivity index (χ0v) is 17.1. The highest BCUT2D eigenvalue weighted by atomic mass is 19.1. The van der Waals surface area contributed by atoms with Crippen LogP contribution in [0.1, 0.15) is 35.3 Å². The van der Waals surface area contributed by atoms with Gasteiger partial charge in [0.2, 0.25) is 0 Å². The molecular formula is C24H28FN3O. The van der Waals surface area contributed by atoms with Crippen LogP contribution in [0.5, 0.6) is 0 Å². The number of halogens is 1. The molecule has 2 aromatic carbocycles. The minimum Gasteiger partial charge on any atom is -0.392 e. The van der Waals surface area contributed by atoms with Crippen molar-refractivity contribution in [2.24, 2.45) is 0 Å². The summed E-state index contributed by atoms with van der Waals surface area (Å²) in [6.45, 7) is 4.38. The van der Waals surface area contributed by atoms with Crippen molar-refractivity contribution in [1.82, 2.24) is 15.6 Å². The Balaban J connectivity index is 0.000000941. The molecule has 4 nitrogen and oxygen atoms in total. The first-order chi connectivity index (χ1) is 14.0. The van der Waals surface area contributed by atoms with E-state index in [1.165, 1.54) is 12.1 Å². The monoisotopic (exact) mass is 393 g/mol. The minimum absolute atomic E-state index is 0.000594. The lowest BCUT2D eigenvalue weighted by Gasteiger charge is -2.19. The van der Waals surface area contributed by atoms with E-state index in [4.69, 9.17) is 0 Å². The van der Waals surface area contributed by atoms with Crippen molar-refractivity contribution in [2.45, 2.75) is 26.5 Å². The lowest BCUT2D eigenvalue weighted by molar-refractivity contribution is 0.282. The number of hydrogen-bond donors (Lipinski definition) is 4. The number of aliphatic hydroxyl groups is 1. The molecule has 0 aliphatic carbocycles. The number of rotatable bonds is 7.